The molecule has 2 N–H and O–H groups in total. The van der Waals surface area contributed by atoms with Gasteiger partial charge in [0.05, 0.1) is 17.0 Å². The average Bonchev–Trinajstić information content (AvgIpc) is 2.75. The van der Waals surface area contributed by atoms with Crippen molar-refractivity contribution in [3.8, 4) is 5.75 Å². The summed E-state index contributed by atoms with van der Waals surface area (Å²) in [6.45, 7) is 1.80. The van der Waals surface area contributed by atoms with Crippen molar-refractivity contribution in [2.24, 2.45) is 0 Å². The molecule has 0 bridgehead atoms. The molecule has 0 aliphatic rings. The van der Waals surface area contributed by atoms with Crippen molar-refractivity contribution in [3.05, 3.63) is 87.9 Å². The molecule has 0 fully saturated rings. The lowest BCUT2D eigenvalue weighted by Crippen LogP contribution is -2.45. The number of nitrogens with one attached hydrogen (secondary N) is 2. The summed E-state index contributed by atoms with van der Waals surface area (Å²) in [6.07, 6.45) is 0.155. The molecule has 1 amide bonds. The Hall–Kier alpha value is -2.58. The summed E-state index contributed by atoms with van der Waals surface area (Å²) < 4.78 is 33.7. The number of hydrogen-bond donors (Lipinski definition) is 2. The summed E-state index contributed by atoms with van der Waals surface area (Å²) in [5.41, 5.74) is 2.11. The summed E-state index contributed by atoms with van der Waals surface area (Å²) in [5, 5.41) is 3.48. The molecule has 3 rings (SSSR count). The maximum atomic E-state index is 13.1. The van der Waals surface area contributed by atoms with Gasteiger partial charge in [-0.2, -0.15) is 4.72 Å². The van der Waals surface area contributed by atoms with Crippen LogP contribution in [0.25, 0.3) is 0 Å². The van der Waals surface area contributed by atoms with Gasteiger partial charge in [-0.3, -0.25) is 4.79 Å². The van der Waals surface area contributed by atoms with Crippen molar-refractivity contribution in [3.63, 3.8) is 0 Å². The number of hydrogen-bond acceptors (Lipinski definition) is 4. The van der Waals surface area contributed by atoms with Crippen molar-refractivity contribution in [2.45, 2.75) is 24.3 Å². The second kappa shape index (κ2) is 10.4. The van der Waals surface area contributed by atoms with E-state index in [-0.39, 0.29) is 16.3 Å². The Labute approximate surface area is 197 Å². The third-order valence-electron chi connectivity index (χ3n) is 4.78. The van der Waals surface area contributed by atoms with Crippen LogP contribution in [0.2, 0.25) is 10.0 Å². The van der Waals surface area contributed by atoms with E-state index >= 15 is 0 Å². The van der Waals surface area contributed by atoms with Gasteiger partial charge in [-0.25, -0.2) is 8.42 Å². The molecule has 0 aromatic heterocycles. The predicted octanol–water partition coefficient (Wildman–Crippen LogP) is 4.84. The van der Waals surface area contributed by atoms with Crippen LogP contribution < -0.4 is 14.8 Å². The number of anilines is 1. The Bertz CT molecular complexity index is 1220. The number of methoxy groups -OCH3 is 1. The molecule has 0 spiro atoms. The summed E-state index contributed by atoms with van der Waals surface area (Å²) in [6, 6.07) is 17.2. The lowest BCUT2D eigenvalue weighted by atomic mass is 10.1. The first-order valence-electron chi connectivity index (χ1n) is 9.66. The summed E-state index contributed by atoms with van der Waals surface area (Å²) in [4.78, 5) is 13.0. The van der Waals surface area contributed by atoms with Gasteiger partial charge in [-0.15, -0.1) is 0 Å². The Morgan fingerprint density at radius 3 is 2.38 bits per heavy atom. The molecular weight excluding hydrogens is 471 g/mol. The van der Waals surface area contributed by atoms with E-state index in [2.05, 4.69) is 10.0 Å². The lowest BCUT2D eigenvalue weighted by Gasteiger charge is -2.20. The van der Waals surface area contributed by atoms with Crippen LogP contribution in [0.3, 0.4) is 0 Å². The van der Waals surface area contributed by atoms with Crippen molar-refractivity contribution < 1.29 is 17.9 Å². The van der Waals surface area contributed by atoms with E-state index in [0.717, 1.165) is 11.1 Å². The van der Waals surface area contributed by atoms with Gasteiger partial charge in [0.2, 0.25) is 15.9 Å². The molecule has 0 saturated carbocycles. The van der Waals surface area contributed by atoms with Crippen molar-refractivity contribution in [1.29, 1.82) is 0 Å². The van der Waals surface area contributed by atoms with Crippen LogP contribution in [-0.2, 0) is 21.2 Å². The predicted molar refractivity (Wildman–Crippen MR) is 127 cm³/mol. The molecular formula is C23H22Cl2N2O4S. The molecule has 0 heterocycles. The SMILES string of the molecule is COc1ccc(S(=O)(=O)N[C@H](Cc2ccccc2)C(=O)Nc2ccc(Cl)cc2C)cc1Cl. The van der Waals surface area contributed by atoms with Crippen LogP contribution in [0.15, 0.2) is 71.6 Å². The minimum absolute atomic E-state index is 0.0724. The number of halogens is 2. The van der Waals surface area contributed by atoms with Crippen molar-refractivity contribution >= 4 is 44.8 Å². The standard InChI is InChI=1S/C23H22Cl2N2O4S/c1-15-12-17(24)8-10-20(15)26-23(28)21(13-16-6-4-3-5-7-16)27-32(29,30)18-9-11-22(31-2)19(25)14-18/h3-12,14,21,27H,13H2,1-2H3,(H,26,28)/t21-/m1/s1. The molecule has 168 valence electrons. The third kappa shape index (κ3) is 6.01. The lowest BCUT2D eigenvalue weighted by molar-refractivity contribution is -0.117. The van der Waals surface area contributed by atoms with Crippen LogP contribution in [0.4, 0.5) is 5.69 Å². The highest BCUT2D eigenvalue weighted by Gasteiger charge is 2.27. The van der Waals surface area contributed by atoms with E-state index in [1.54, 1.807) is 25.1 Å². The molecule has 32 heavy (non-hydrogen) atoms. The highest BCUT2D eigenvalue weighted by Crippen LogP contribution is 2.27. The minimum Gasteiger partial charge on any atom is -0.495 e. The van der Waals surface area contributed by atoms with E-state index in [0.29, 0.717) is 16.5 Å². The fraction of sp³-hybridized carbons (Fsp3) is 0.174. The Balaban J connectivity index is 1.89. The normalized spacial score (nSPS) is 12.2. The molecule has 0 aliphatic heterocycles. The van der Waals surface area contributed by atoms with Gasteiger partial charge >= 0.3 is 0 Å². The largest absolute Gasteiger partial charge is 0.495 e. The topological polar surface area (TPSA) is 84.5 Å². The summed E-state index contributed by atoms with van der Waals surface area (Å²) in [7, 11) is -2.62. The number of ether oxygens (including phenoxy) is 1. The second-order valence-electron chi connectivity index (χ2n) is 7.11. The Morgan fingerprint density at radius 2 is 1.75 bits per heavy atom. The first-order valence-corrected chi connectivity index (χ1v) is 11.9. The number of carbonyl (C=O) groups excluding carboxylic acids is 1. The first kappa shape index (κ1) is 24.1. The molecule has 0 unspecified atom stereocenters. The number of amides is 1. The maximum absolute atomic E-state index is 13.1. The zero-order valence-corrected chi connectivity index (χ0v) is 19.8. The number of rotatable bonds is 8. The molecule has 6 nitrogen and oxygen atoms in total. The van der Waals surface area contributed by atoms with Crippen molar-refractivity contribution in [2.75, 3.05) is 12.4 Å². The van der Waals surface area contributed by atoms with Gasteiger partial charge in [0, 0.05) is 10.7 Å². The van der Waals surface area contributed by atoms with E-state index in [1.807, 2.05) is 30.3 Å². The molecule has 0 saturated heterocycles. The van der Waals surface area contributed by atoms with Crippen LogP contribution in [0.5, 0.6) is 5.75 Å². The smallest absolute Gasteiger partial charge is 0.242 e. The summed E-state index contributed by atoms with van der Waals surface area (Å²) >= 11 is 12.1. The summed E-state index contributed by atoms with van der Waals surface area (Å²) in [5.74, 6) is -0.148. The van der Waals surface area contributed by atoms with Gasteiger partial charge < -0.3 is 10.1 Å². The zero-order valence-electron chi connectivity index (χ0n) is 17.4. The van der Waals surface area contributed by atoms with Gasteiger partial charge in [0.25, 0.3) is 0 Å². The number of sulfonamides is 1. The molecule has 0 aliphatic carbocycles. The van der Waals surface area contributed by atoms with Crippen LogP contribution >= 0.6 is 23.2 Å². The fourth-order valence-electron chi connectivity index (χ4n) is 3.09. The number of benzene rings is 3. The monoisotopic (exact) mass is 492 g/mol. The van der Waals surface area contributed by atoms with Crippen LogP contribution in [0, 0.1) is 6.92 Å². The Morgan fingerprint density at radius 1 is 1.03 bits per heavy atom. The van der Waals surface area contributed by atoms with E-state index in [1.165, 1.54) is 25.3 Å². The average molecular weight is 493 g/mol. The van der Waals surface area contributed by atoms with Gasteiger partial charge in [-0.05, 0) is 60.9 Å². The molecule has 9 heteroatoms. The highest BCUT2D eigenvalue weighted by molar-refractivity contribution is 7.89. The number of carbonyl (C=O) groups is 1. The number of aryl methyl sites for hydroxylation is 1. The van der Waals surface area contributed by atoms with E-state index in [9.17, 15) is 13.2 Å². The maximum Gasteiger partial charge on any atom is 0.242 e. The van der Waals surface area contributed by atoms with Crippen molar-refractivity contribution in [1.82, 2.24) is 4.72 Å². The van der Waals surface area contributed by atoms with E-state index < -0.39 is 22.0 Å². The van der Waals surface area contributed by atoms with Gasteiger partial charge in [-0.1, -0.05) is 53.5 Å². The second-order valence-corrected chi connectivity index (χ2v) is 9.67. The fourth-order valence-corrected chi connectivity index (χ4v) is 4.86. The van der Waals surface area contributed by atoms with E-state index in [4.69, 9.17) is 27.9 Å². The highest BCUT2D eigenvalue weighted by atomic mass is 35.5. The Kier molecular flexibility index (Phi) is 7.79. The molecule has 1 atom stereocenters. The first-order chi connectivity index (χ1) is 15.2. The molecule has 3 aromatic rings. The van der Waals surface area contributed by atoms with Crippen LogP contribution in [-0.4, -0.2) is 27.5 Å². The molecule has 0 radical (unpaired) electrons. The van der Waals surface area contributed by atoms with Gasteiger partial charge in [0.1, 0.15) is 11.8 Å². The van der Waals surface area contributed by atoms with Gasteiger partial charge in [0.15, 0.2) is 0 Å². The quantitative estimate of drug-likeness (QED) is 0.471. The zero-order chi connectivity index (χ0) is 23.3. The van der Waals surface area contributed by atoms with Crippen LogP contribution in [0.1, 0.15) is 11.1 Å². The molecule has 3 aromatic carbocycles. The third-order valence-corrected chi connectivity index (χ3v) is 6.78. The minimum atomic E-state index is -4.05.